The number of nitrogens with one attached hydrogen (secondary N) is 1. The lowest BCUT2D eigenvalue weighted by Crippen LogP contribution is -1.92. The third-order valence-corrected chi connectivity index (χ3v) is 2.90. The summed E-state index contributed by atoms with van der Waals surface area (Å²) in [7, 11) is 1.86. The van der Waals surface area contributed by atoms with Gasteiger partial charge in [0.25, 0.3) is 0 Å². The average molecular weight is 219 g/mol. The van der Waals surface area contributed by atoms with Gasteiger partial charge in [-0.05, 0) is 12.5 Å². The van der Waals surface area contributed by atoms with Crippen molar-refractivity contribution in [2.24, 2.45) is 0 Å². The van der Waals surface area contributed by atoms with Gasteiger partial charge in [-0.3, -0.25) is 0 Å². The van der Waals surface area contributed by atoms with E-state index in [1.807, 2.05) is 7.05 Å². The van der Waals surface area contributed by atoms with E-state index in [-0.39, 0.29) is 0 Å². The first-order valence-electron chi connectivity index (χ1n) is 4.84. The van der Waals surface area contributed by atoms with Crippen LogP contribution in [-0.2, 0) is 6.42 Å². The van der Waals surface area contributed by atoms with Crippen molar-refractivity contribution >= 4 is 16.7 Å². The SMILES string of the molecule is CNc1nc(Cc2cccc(C)c2)ns1. The molecule has 0 saturated heterocycles. The van der Waals surface area contributed by atoms with Crippen LogP contribution < -0.4 is 5.32 Å². The van der Waals surface area contributed by atoms with E-state index in [9.17, 15) is 0 Å². The molecule has 1 N–H and O–H groups in total. The predicted molar refractivity (Wildman–Crippen MR) is 63.4 cm³/mol. The fourth-order valence-electron chi connectivity index (χ4n) is 1.43. The highest BCUT2D eigenvalue weighted by molar-refractivity contribution is 7.09. The topological polar surface area (TPSA) is 37.8 Å². The number of aromatic nitrogens is 2. The van der Waals surface area contributed by atoms with Gasteiger partial charge in [-0.2, -0.15) is 4.37 Å². The van der Waals surface area contributed by atoms with E-state index >= 15 is 0 Å². The van der Waals surface area contributed by atoms with Gasteiger partial charge in [-0.25, -0.2) is 4.98 Å². The molecule has 15 heavy (non-hydrogen) atoms. The zero-order valence-corrected chi connectivity index (χ0v) is 9.64. The van der Waals surface area contributed by atoms with Gasteiger partial charge < -0.3 is 5.32 Å². The molecule has 2 aromatic rings. The quantitative estimate of drug-likeness (QED) is 0.861. The summed E-state index contributed by atoms with van der Waals surface area (Å²) in [6.45, 7) is 2.09. The molecule has 0 radical (unpaired) electrons. The molecular weight excluding hydrogens is 206 g/mol. The van der Waals surface area contributed by atoms with E-state index in [1.165, 1.54) is 22.7 Å². The lowest BCUT2D eigenvalue weighted by molar-refractivity contribution is 1.03. The largest absolute Gasteiger partial charge is 0.363 e. The molecule has 2 rings (SSSR count). The second kappa shape index (κ2) is 4.40. The summed E-state index contributed by atoms with van der Waals surface area (Å²) in [6, 6.07) is 8.43. The Morgan fingerprint density at radius 1 is 1.40 bits per heavy atom. The third-order valence-electron chi connectivity index (χ3n) is 2.13. The second-order valence-electron chi connectivity index (χ2n) is 3.43. The molecule has 1 aromatic heterocycles. The molecule has 1 heterocycles. The Hall–Kier alpha value is -1.42. The van der Waals surface area contributed by atoms with Crippen molar-refractivity contribution in [1.82, 2.24) is 9.36 Å². The highest BCUT2D eigenvalue weighted by Gasteiger charge is 2.03. The molecule has 4 heteroatoms. The van der Waals surface area contributed by atoms with E-state index in [1.54, 1.807) is 0 Å². The molecule has 0 atom stereocenters. The molecule has 0 aliphatic rings. The van der Waals surface area contributed by atoms with Gasteiger partial charge in [0.1, 0.15) is 5.82 Å². The van der Waals surface area contributed by atoms with Crippen molar-refractivity contribution in [1.29, 1.82) is 0 Å². The number of anilines is 1. The van der Waals surface area contributed by atoms with Crippen LogP contribution >= 0.6 is 11.5 Å². The van der Waals surface area contributed by atoms with Crippen molar-refractivity contribution in [3.63, 3.8) is 0 Å². The number of rotatable bonds is 3. The molecule has 0 saturated carbocycles. The Morgan fingerprint density at radius 2 is 2.27 bits per heavy atom. The molecule has 0 unspecified atom stereocenters. The first-order chi connectivity index (χ1) is 7.28. The van der Waals surface area contributed by atoms with Crippen molar-refractivity contribution in [3.05, 3.63) is 41.2 Å². The molecule has 1 aromatic carbocycles. The van der Waals surface area contributed by atoms with Gasteiger partial charge in [0.05, 0.1) is 0 Å². The standard InChI is InChI=1S/C11H13N3S/c1-8-4-3-5-9(6-8)7-10-13-11(12-2)15-14-10/h3-6H,7H2,1-2H3,(H,12,13,14). The lowest BCUT2D eigenvalue weighted by atomic mass is 10.1. The Bertz CT molecular complexity index is 451. The molecule has 0 aliphatic heterocycles. The number of hydrogen-bond acceptors (Lipinski definition) is 4. The zero-order valence-electron chi connectivity index (χ0n) is 8.82. The minimum absolute atomic E-state index is 0.805. The van der Waals surface area contributed by atoms with Crippen molar-refractivity contribution in [3.8, 4) is 0 Å². The van der Waals surface area contributed by atoms with Crippen molar-refractivity contribution in [2.75, 3.05) is 12.4 Å². The van der Waals surface area contributed by atoms with E-state index in [0.29, 0.717) is 0 Å². The molecular formula is C11H13N3S. The van der Waals surface area contributed by atoms with Crippen molar-refractivity contribution in [2.45, 2.75) is 13.3 Å². The second-order valence-corrected chi connectivity index (χ2v) is 4.18. The number of aryl methyl sites for hydroxylation is 1. The molecule has 3 nitrogen and oxygen atoms in total. The van der Waals surface area contributed by atoms with Crippen LogP contribution in [0.5, 0.6) is 0 Å². The maximum absolute atomic E-state index is 4.35. The normalized spacial score (nSPS) is 10.3. The Balaban J connectivity index is 2.14. The van der Waals surface area contributed by atoms with Gasteiger partial charge in [0, 0.05) is 25.0 Å². The summed E-state index contributed by atoms with van der Waals surface area (Å²) in [5, 5.41) is 3.86. The van der Waals surface area contributed by atoms with E-state index < -0.39 is 0 Å². The smallest absolute Gasteiger partial charge is 0.202 e. The summed E-state index contributed by atoms with van der Waals surface area (Å²) in [6.07, 6.45) is 0.805. The first kappa shape index (κ1) is 10.1. The van der Waals surface area contributed by atoms with Crippen LogP contribution in [0.4, 0.5) is 5.13 Å². The maximum atomic E-state index is 4.35. The van der Waals surface area contributed by atoms with Crippen molar-refractivity contribution < 1.29 is 0 Å². The molecule has 0 aliphatic carbocycles. The van der Waals surface area contributed by atoms with Crippen LogP contribution in [0.2, 0.25) is 0 Å². The first-order valence-corrected chi connectivity index (χ1v) is 5.61. The van der Waals surface area contributed by atoms with E-state index in [4.69, 9.17) is 0 Å². The lowest BCUT2D eigenvalue weighted by Gasteiger charge is -1.98. The van der Waals surface area contributed by atoms with Gasteiger partial charge in [0.15, 0.2) is 0 Å². The monoisotopic (exact) mass is 219 g/mol. The van der Waals surface area contributed by atoms with E-state index in [2.05, 4.69) is 45.9 Å². The van der Waals surface area contributed by atoms with Crippen LogP contribution in [0, 0.1) is 6.92 Å². The van der Waals surface area contributed by atoms with Crippen LogP contribution in [0.15, 0.2) is 24.3 Å². The maximum Gasteiger partial charge on any atom is 0.202 e. The number of benzene rings is 1. The van der Waals surface area contributed by atoms with Crippen LogP contribution in [0.25, 0.3) is 0 Å². The zero-order chi connectivity index (χ0) is 10.7. The molecule has 78 valence electrons. The average Bonchev–Trinajstić information content (AvgIpc) is 2.65. The van der Waals surface area contributed by atoms with Gasteiger partial charge in [0.2, 0.25) is 5.13 Å². The highest BCUT2D eigenvalue weighted by atomic mass is 32.1. The van der Waals surface area contributed by atoms with Gasteiger partial charge >= 0.3 is 0 Å². The number of nitrogens with zero attached hydrogens (tertiary/aromatic N) is 2. The summed E-state index contributed by atoms with van der Waals surface area (Å²) in [4.78, 5) is 4.35. The summed E-state index contributed by atoms with van der Waals surface area (Å²) in [5.41, 5.74) is 2.53. The van der Waals surface area contributed by atoms with Crippen LogP contribution in [-0.4, -0.2) is 16.4 Å². The number of hydrogen-bond donors (Lipinski definition) is 1. The predicted octanol–water partition coefficient (Wildman–Crippen LogP) is 2.48. The Labute approximate surface area is 93.4 Å². The van der Waals surface area contributed by atoms with E-state index in [0.717, 1.165) is 17.4 Å². The van der Waals surface area contributed by atoms with Crippen LogP contribution in [0.3, 0.4) is 0 Å². The Kier molecular flexibility index (Phi) is 2.97. The molecule has 0 fully saturated rings. The summed E-state index contributed by atoms with van der Waals surface area (Å²) < 4.78 is 4.28. The molecule has 0 bridgehead atoms. The highest BCUT2D eigenvalue weighted by Crippen LogP contribution is 2.14. The summed E-state index contributed by atoms with van der Waals surface area (Å²) in [5.74, 6) is 0.884. The van der Waals surface area contributed by atoms with Crippen LogP contribution in [0.1, 0.15) is 17.0 Å². The minimum atomic E-state index is 0.805. The fourth-order valence-corrected chi connectivity index (χ4v) is 1.97. The van der Waals surface area contributed by atoms with Gasteiger partial charge in [-0.15, -0.1) is 0 Å². The fraction of sp³-hybridized carbons (Fsp3) is 0.273. The Morgan fingerprint density at radius 3 is 2.93 bits per heavy atom. The minimum Gasteiger partial charge on any atom is -0.363 e. The van der Waals surface area contributed by atoms with Gasteiger partial charge in [-0.1, -0.05) is 29.8 Å². The molecule has 0 amide bonds. The molecule has 0 spiro atoms. The summed E-state index contributed by atoms with van der Waals surface area (Å²) >= 11 is 1.40. The third kappa shape index (κ3) is 2.53.